The monoisotopic (exact) mass is 414 g/mol. The van der Waals surface area contributed by atoms with Crippen LogP contribution >= 0.6 is 17.2 Å². The van der Waals surface area contributed by atoms with Gasteiger partial charge in [-0.25, -0.2) is 4.31 Å². The van der Waals surface area contributed by atoms with E-state index < -0.39 is 28.0 Å². The summed E-state index contributed by atoms with van der Waals surface area (Å²) in [5.74, 6) is 0. The summed E-state index contributed by atoms with van der Waals surface area (Å²) >= 11 is 0. The first kappa shape index (κ1) is 30.2. The molecule has 0 aliphatic rings. The summed E-state index contributed by atoms with van der Waals surface area (Å²) in [7, 11) is -5.22. The lowest BCUT2D eigenvalue weighted by Gasteiger charge is -2.24. The highest BCUT2D eigenvalue weighted by Crippen LogP contribution is 2.41. The molecule has 0 aliphatic heterocycles. The van der Waals surface area contributed by atoms with Crippen molar-refractivity contribution >= 4 is 17.2 Å². The van der Waals surface area contributed by atoms with Crippen LogP contribution in [0.4, 0.5) is 0 Å². The molecule has 0 saturated carbocycles. The zero-order valence-corrected chi connectivity index (χ0v) is 16.2. The van der Waals surface area contributed by atoms with Crippen LogP contribution in [-0.4, -0.2) is 89.9 Å². The van der Waals surface area contributed by atoms with Gasteiger partial charge >= 0.3 is 17.2 Å². The molecule has 0 radical (unpaired) electrons. The van der Waals surface area contributed by atoms with Crippen molar-refractivity contribution in [3.8, 4) is 0 Å². The molecule has 11 nitrogen and oxygen atoms in total. The number of aliphatic hydroxyl groups is 6. The van der Waals surface area contributed by atoms with Gasteiger partial charge in [-0.15, -0.1) is 0 Å². The van der Waals surface area contributed by atoms with Crippen molar-refractivity contribution in [2.75, 3.05) is 39.6 Å². The van der Waals surface area contributed by atoms with Crippen LogP contribution in [0.25, 0.3) is 0 Å². The first-order valence-corrected chi connectivity index (χ1v) is 9.64. The van der Waals surface area contributed by atoms with Crippen LogP contribution in [0.2, 0.25) is 0 Å². The Balaban J connectivity index is -0.000000293. The molecule has 156 valence electrons. The van der Waals surface area contributed by atoms with Crippen molar-refractivity contribution in [2.24, 2.45) is 10.8 Å². The fourth-order valence-corrected chi connectivity index (χ4v) is 1.56. The first-order valence-electron chi connectivity index (χ1n) is 7.31. The summed E-state index contributed by atoms with van der Waals surface area (Å²) in [4.78, 5) is 31.3. The Morgan fingerprint density at radius 1 is 0.560 bits per heavy atom. The maximum absolute atomic E-state index is 8.66. The molecular formula is C12H32O11P2. The van der Waals surface area contributed by atoms with Gasteiger partial charge in [0.1, 0.15) is 0 Å². The molecule has 0 rings (SSSR count). The van der Waals surface area contributed by atoms with E-state index in [1.54, 1.807) is 0 Å². The Morgan fingerprint density at radius 3 is 0.760 bits per heavy atom. The second-order valence-corrected chi connectivity index (χ2v) is 6.91. The van der Waals surface area contributed by atoms with Gasteiger partial charge in [0.2, 0.25) is 0 Å². The molecule has 0 fully saturated rings. The van der Waals surface area contributed by atoms with E-state index in [-0.39, 0.29) is 39.6 Å². The minimum absolute atomic E-state index is 0.156. The highest BCUT2D eigenvalue weighted by Gasteiger charge is 2.25. The minimum Gasteiger partial charge on any atom is -0.396 e. The van der Waals surface area contributed by atoms with Crippen molar-refractivity contribution in [2.45, 2.75) is 26.7 Å². The lowest BCUT2D eigenvalue weighted by molar-refractivity contribution is 0.00275. The van der Waals surface area contributed by atoms with Crippen molar-refractivity contribution in [3.63, 3.8) is 0 Å². The first-order chi connectivity index (χ1) is 11.6. The standard InChI is InChI=1S/2C6H14O3.H4O5P2/c2*1-2-6(3-7,4-8)5-9;1-6(2)5-7(3)4/h2*7-9H,2-5H2,1H3;1-4H. The predicted molar refractivity (Wildman–Crippen MR) is 91.8 cm³/mol. The van der Waals surface area contributed by atoms with Crippen LogP contribution in [-0.2, 0) is 4.31 Å². The lowest BCUT2D eigenvalue weighted by Crippen LogP contribution is -2.32. The Labute approximate surface area is 149 Å². The minimum atomic E-state index is -2.61. The zero-order valence-electron chi connectivity index (χ0n) is 14.4. The van der Waals surface area contributed by atoms with Crippen LogP contribution in [0.5, 0.6) is 0 Å². The SMILES string of the molecule is CCC(CO)(CO)CO.CCC(CO)(CO)CO.OP(O)OP(O)O. The quantitative estimate of drug-likeness (QED) is 0.179. The van der Waals surface area contributed by atoms with Gasteiger partial charge in [-0.3, -0.25) is 0 Å². The summed E-state index contributed by atoms with van der Waals surface area (Å²) < 4.78 is 3.60. The molecule has 0 saturated heterocycles. The molecule has 0 atom stereocenters. The van der Waals surface area contributed by atoms with Crippen LogP contribution < -0.4 is 0 Å². The second-order valence-electron chi connectivity index (χ2n) is 5.24. The summed E-state index contributed by atoms with van der Waals surface area (Å²) in [6.07, 6.45) is 1.19. The van der Waals surface area contributed by atoms with Gasteiger partial charge in [0.05, 0.1) is 39.6 Å². The molecule has 0 bridgehead atoms. The van der Waals surface area contributed by atoms with E-state index in [1.807, 2.05) is 13.8 Å². The zero-order chi connectivity index (χ0) is 20.5. The molecular weight excluding hydrogens is 382 g/mol. The normalized spacial score (nSPS) is 11.8. The van der Waals surface area contributed by atoms with Crippen molar-refractivity contribution < 1.29 is 54.5 Å². The van der Waals surface area contributed by atoms with Crippen LogP contribution in [0.1, 0.15) is 26.7 Å². The maximum atomic E-state index is 8.66. The fraction of sp³-hybridized carbons (Fsp3) is 1.00. The Bertz CT molecular complexity index is 213. The van der Waals surface area contributed by atoms with Gasteiger partial charge in [0, 0.05) is 10.8 Å². The molecule has 0 unspecified atom stereocenters. The fourth-order valence-electron chi connectivity index (χ4n) is 1.04. The van der Waals surface area contributed by atoms with Gasteiger partial charge in [-0.2, -0.15) is 0 Å². The van der Waals surface area contributed by atoms with E-state index in [4.69, 9.17) is 50.2 Å². The van der Waals surface area contributed by atoms with E-state index in [1.165, 1.54) is 0 Å². The van der Waals surface area contributed by atoms with Crippen molar-refractivity contribution in [1.29, 1.82) is 0 Å². The van der Waals surface area contributed by atoms with Gasteiger partial charge in [0.25, 0.3) is 0 Å². The van der Waals surface area contributed by atoms with Crippen LogP contribution in [0.15, 0.2) is 0 Å². The average Bonchev–Trinajstić information content (AvgIpc) is 2.60. The largest absolute Gasteiger partial charge is 0.396 e. The molecule has 0 amide bonds. The summed E-state index contributed by atoms with van der Waals surface area (Å²) in [5, 5.41) is 51.9. The van der Waals surface area contributed by atoms with Gasteiger partial charge < -0.3 is 50.2 Å². The molecule has 0 aliphatic carbocycles. The average molecular weight is 414 g/mol. The molecule has 0 aromatic heterocycles. The molecule has 0 aromatic carbocycles. The topological polar surface area (TPSA) is 212 Å². The predicted octanol–water partition coefficient (Wildman–Crippen LogP) is -1.85. The van der Waals surface area contributed by atoms with Crippen LogP contribution in [0.3, 0.4) is 0 Å². The van der Waals surface area contributed by atoms with E-state index in [0.717, 1.165) is 0 Å². The Hall–Kier alpha value is 0.420. The summed E-state index contributed by atoms with van der Waals surface area (Å²) in [6.45, 7) is 2.71. The third-order valence-corrected chi connectivity index (χ3v) is 4.83. The third kappa shape index (κ3) is 15.2. The smallest absolute Gasteiger partial charge is 0.334 e. The van der Waals surface area contributed by atoms with Crippen molar-refractivity contribution in [1.82, 2.24) is 0 Å². The molecule has 25 heavy (non-hydrogen) atoms. The van der Waals surface area contributed by atoms with E-state index >= 15 is 0 Å². The molecule has 0 aromatic rings. The second kappa shape index (κ2) is 17.8. The number of rotatable bonds is 10. The summed E-state index contributed by atoms with van der Waals surface area (Å²) in [5.41, 5.74) is -1.33. The third-order valence-electron chi connectivity index (χ3n) is 3.66. The van der Waals surface area contributed by atoms with E-state index in [0.29, 0.717) is 12.8 Å². The van der Waals surface area contributed by atoms with Crippen molar-refractivity contribution in [3.05, 3.63) is 0 Å². The maximum Gasteiger partial charge on any atom is 0.334 e. The molecule has 0 spiro atoms. The highest BCUT2D eigenvalue weighted by atomic mass is 31.2. The van der Waals surface area contributed by atoms with Gasteiger partial charge in [0.15, 0.2) is 0 Å². The Morgan fingerprint density at radius 2 is 0.760 bits per heavy atom. The number of hydrogen-bond donors (Lipinski definition) is 10. The number of aliphatic hydroxyl groups excluding tert-OH is 6. The molecule has 0 heterocycles. The van der Waals surface area contributed by atoms with Crippen LogP contribution in [0, 0.1) is 10.8 Å². The van der Waals surface area contributed by atoms with Gasteiger partial charge in [-0.05, 0) is 12.8 Å². The van der Waals surface area contributed by atoms with Gasteiger partial charge in [-0.1, -0.05) is 13.8 Å². The summed E-state index contributed by atoms with van der Waals surface area (Å²) in [6, 6.07) is 0. The molecule has 10 N–H and O–H groups in total. The molecule has 13 heteroatoms. The van der Waals surface area contributed by atoms with E-state index in [9.17, 15) is 0 Å². The highest BCUT2D eigenvalue weighted by molar-refractivity contribution is 7.53. The number of hydrogen-bond acceptors (Lipinski definition) is 11. The Kier molecular flexibility index (Phi) is 21.5. The lowest BCUT2D eigenvalue weighted by atomic mass is 9.88. The van der Waals surface area contributed by atoms with E-state index in [2.05, 4.69) is 4.31 Å².